The standard InChI is InChI=1S/C13H15NO4/c1-9-10(4-2-5-11(9)14(17)18)8-13(12(15)16)6-3-7-13/h2,4-5H,3,6-8H2,1H3,(H,15,16). The molecule has 1 aliphatic rings. The fourth-order valence-corrected chi connectivity index (χ4v) is 2.49. The molecule has 0 spiro atoms. The molecule has 0 radical (unpaired) electrons. The minimum Gasteiger partial charge on any atom is -0.481 e. The summed E-state index contributed by atoms with van der Waals surface area (Å²) in [4.78, 5) is 21.7. The smallest absolute Gasteiger partial charge is 0.309 e. The van der Waals surface area contributed by atoms with Gasteiger partial charge in [0.15, 0.2) is 0 Å². The van der Waals surface area contributed by atoms with E-state index in [-0.39, 0.29) is 5.69 Å². The highest BCUT2D eigenvalue weighted by Gasteiger charge is 2.44. The number of hydrogen-bond acceptors (Lipinski definition) is 3. The highest BCUT2D eigenvalue weighted by molar-refractivity contribution is 5.76. The van der Waals surface area contributed by atoms with E-state index in [1.54, 1.807) is 19.1 Å². The van der Waals surface area contributed by atoms with Crippen LogP contribution in [0.25, 0.3) is 0 Å². The quantitative estimate of drug-likeness (QED) is 0.657. The number of carboxylic acids is 1. The summed E-state index contributed by atoms with van der Waals surface area (Å²) in [7, 11) is 0. The van der Waals surface area contributed by atoms with Crippen LogP contribution in [0.5, 0.6) is 0 Å². The van der Waals surface area contributed by atoms with E-state index in [1.807, 2.05) is 0 Å². The van der Waals surface area contributed by atoms with E-state index in [4.69, 9.17) is 0 Å². The van der Waals surface area contributed by atoms with Crippen LogP contribution in [-0.2, 0) is 11.2 Å². The second-order valence-corrected chi connectivity index (χ2v) is 4.93. The Morgan fingerprint density at radius 3 is 2.61 bits per heavy atom. The zero-order valence-corrected chi connectivity index (χ0v) is 10.2. The second kappa shape index (κ2) is 4.40. The zero-order valence-electron chi connectivity index (χ0n) is 10.2. The molecule has 0 saturated heterocycles. The van der Waals surface area contributed by atoms with E-state index in [0.29, 0.717) is 24.8 Å². The first-order chi connectivity index (χ1) is 8.46. The summed E-state index contributed by atoms with van der Waals surface area (Å²) in [6.07, 6.45) is 2.62. The molecule has 1 saturated carbocycles. The largest absolute Gasteiger partial charge is 0.481 e. The number of benzene rings is 1. The first kappa shape index (κ1) is 12.5. The maximum absolute atomic E-state index is 11.3. The molecule has 1 aliphatic carbocycles. The molecular weight excluding hydrogens is 234 g/mol. The Morgan fingerprint density at radius 2 is 2.17 bits per heavy atom. The number of carbonyl (C=O) groups is 1. The van der Waals surface area contributed by atoms with Gasteiger partial charge in [0.25, 0.3) is 5.69 Å². The van der Waals surface area contributed by atoms with Gasteiger partial charge in [-0.3, -0.25) is 14.9 Å². The Balaban J connectivity index is 2.32. The predicted molar refractivity (Wildman–Crippen MR) is 65.5 cm³/mol. The minimum absolute atomic E-state index is 0.0624. The van der Waals surface area contributed by atoms with Gasteiger partial charge in [-0.15, -0.1) is 0 Å². The molecule has 5 heteroatoms. The van der Waals surface area contributed by atoms with Crippen LogP contribution in [0.2, 0.25) is 0 Å². The van der Waals surface area contributed by atoms with E-state index >= 15 is 0 Å². The lowest BCUT2D eigenvalue weighted by molar-refractivity contribution is -0.385. The highest BCUT2D eigenvalue weighted by atomic mass is 16.6. The second-order valence-electron chi connectivity index (χ2n) is 4.93. The number of aliphatic carboxylic acids is 1. The van der Waals surface area contributed by atoms with Crippen molar-refractivity contribution in [3.8, 4) is 0 Å². The van der Waals surface area contributed by atoms with E-state index in [1.165, 1.54) is 6.07 Å². The van der Waals surface area contributed by atoms with Crippen LogP contribution in [-0.4, -0.2) is 16.0 Å². The monoisotopic (exact) mass is 249 g/mol. The van der Waals surface area contributed by atoms with E-state index < -0.39 is 16.3 Å². The van der Waals surface area contributed by atoms with Gasteiger partial charge in [-0.05, 0) is 31.7 Å². The van der Waals surface area contributed by atoms with Crippen molar-refractivity contribution in [1.82, 2.24) is 0 Å². The number of hydrogen-bond donors (Lipinski definition) is 1. The number of rotatable bonds is 4. The topological polar surface area (TPSA) is 80.4 Å². The third-order valence-electron chi connectivity index (χ3n) is 3.91. The molecule has 0 heterocycles. The molecule has 0 aliphatic heterocycles. The summed E-state index contributed by atoms with van der Waals surface area (Å²) in [5.41, 5.74) is 0.702. The average Bonchev–Trinajstić information content (AvgIpc) is 2.24. The van der Waals surface area contributed by atoms with Crippen molar-refractivity contribution in [2.24, 2.45) is 5.41 Å². The van der Waals surface area contributed by atoms with Gasteiger partial charge in [-0.1, -0.05) is 18.6 Å². The van der Waals surface area contributed by atoms with Crippen molar-refractivity contribution in [2.75, 3.05) is 0 Å². The van der Waals surface area contributed by atoms with E-state index in [9.17, 15) is 20.0 Å². The molecule has 1 aromatic carbocycles. The van der Waals surface area contributed by atoms with Crippen molar-refractivity contribution < 1.29 is 14.8 Å². The molecule has 96 valence electrons. The molecule has 0 aromatic heterocycles. The number of carboxylic acid groups (broad SMARTS) is 1. The summed E-state index contributed by atoms with van der Waals surface area (Å²) in [6, 6.07) is 4.85. The molecule has 2 rings (SSSR count). The maximum Gasteiger partial charge on any atom is 0.309 e. The molecule has 18 heavy (non-hydrogen) atoms. The zero-order chi connectivity index (χ0) is 13.3. The number of nitrogens with zero attached hydrogens (tertiary/aromatic N) is 1. The Kier molecular flexibility index (Phi) is 3.07. The lowest BCUT2D eigenvalue weighted by Crippen LogP contribution is -2.40. The lowest BCUT2D eigenvalue weighted by Gasteiger charge is -2.38. The van der Waals surface area contributed by atoms with Crippen LogP contribution in [0.4, 0.5) is 5.69 Å². The number of nitro groups is 1. The molecular formula is C13H15NO4. The summed E-state index contributed by atoms with van der Waals surface area (Å²) in [6.45, 7) is 1.68. The van der Waals surface area contributed by atoms with Crippen LogP contribution in [0.1, 0.15) is 30.4 Å². The van der Waals surface area contributed by atoms with Crippen molar-refractivity contribution in [3.05, 3.63) is 39.4 Å². The average molecular weight is 249 g/mol. The molecule has 5 nitrogen and oxygen atoms in total. The Bertz CT molecular complexity index is 506. The number of nitro benzene ring substituents is 1. The van der Waals surface area contributed by atoms with Crippen LogP contribution in [0.15, 0.2) is 18.2 Å². The molecule has 1 N–H and O–H groups in total. The Morgan fingerprint density at radius 1 is 1.50 bits per heavy atom. The molecule has 0 unspecified atom stereocenters. The van der Waals surface area contributed by atoms with Crippen LogP contribution >= 0.6 is 0 Å². The maximum atomic E-state index is 11.3. The van der Waals surface area contributed by atoms with Gasteiger partial charge in [0.05, 0.1) is 10.3 Å². The van der Waals surface area contributed by atoms with Crippen LogP contribution in [0.3, 0.4) is 0 Å². The predicted octanol–water partition coefficient (Wildman–Crippen LogP) is 2.70. The minimum atomic E-state index is -0.792. The Hall–Kier alpha value is -1.91. The lowest BCUT2D eigenvalue weighted by atomic mass is 9.65. The van der Waals surface area contributed by atoms with Gasteiger partial charge >= 0.3 is 5.97 Å². The van der Waals surface area contributed by atoms with Crippen LogP contribution in [0, 0.1) is 22.5 Å². The van der Waals surface area contributed by atoms with Gasteiger partial charge in [-0.25, -0.2) is 0 Å². The van der Waals surface area contributed by atoms with Crippen molar-refractivity contribution >= 4 is 11.7 Å². The summed E-state index contributed by atoms with van der Waals surface area (Å²) < 4.78 is 0. The van der Waals surface area contributed by atoms with E-state index in [2.05, 4.69) is 0 Å². The SMILES string of the molecule is Cc1c(CC2(C(=O)O)CCC2)cccc1[N+](=O)[O-]. The van der Waals surface area contributed by atoms with Crippen molar-refractivity contribution in [3.63, 3.8) is 0 Å². The summed E-state index contributed by atoms with van der Waals surface area (Å²) in [5, 5.41) is 20.1. The third kappa shape index (κ3) is 1.96. The van der Waals surface area contributed by atoms with Gasteiger partial charge < -0.3 is 5.11 Å². The van der Waals surface area contributed by atoms with Gasteiger partial charge in [0, 0.05) is 11.6 Å². The molecule has 0 amide bonds. The molecule has 0 bridgehead atoms. The molecule has 1 aromatic rings. The molecule has 1 fully saturated rings. The van der Waals surface area contributed by atoms with Gasteiger partial charge in [0.1, 0.15) is 0 Å². The highest BCUT2D eigenvalue weighted by Crippen LogP contribution is 2.44. The van der Waals surface area contributed by atoms with E-state index in [0.717, 1.165) is 12.0 Å². The normalized spacial score (nSPS) is 16.9. The van der Waals surface area contributed by atoms with Gasteiger partial charge in [-0.2, -0.15) is 0 Å². The summed E-state index contributed by atoms with van der Waals surface area (Å²) in [5.74, 6) is -0.792. The summed E-state index contributed by atoms with van der Waals surface area (Å²) >= 11 is 0. The third-order valence-corrected chi connectivity index (χ3v) is 3.91. The van der Waals surface area contributed by atoms with Crippen molar-refractivity contribution in [2.45, 2.75) is 32.6 Å². The molecule has 0 atom stereocenters. The van der Waals surface area contributed by atoms with Crippen LogP contribution < -0.4 is 0 Å². The van der Waals surface area contributed by atoms with Gasteiger partial charge in [0.2, 0.25) is 0 Å². The fraction of sp³-hybridized carbons (Fsp3) is 0.462. The first-order valence-electron chi connectivity index (χ1n) is 5.92. The first-order valence-corrected chi connectivity index (χ1v) is 5.92. The van der Waals surface area contributed by atoms with Crippen molar-refractivity contribution in [1.29, 1.82) is 0 Å². The Labute approximate surface area is 105 Å². The fourth-order valence-electron chi connectivity index (χ4n) is 2.49.